The third kappa shape index (κ3) is 3.26. The number of methoxy groups -OCH3 is 1. The number of ether oxygens (including phenoxy) is 1. The van der Waals surface area contributed by atoms with Gasteiger partial charge in [-0.25, -0.2) is 4.98 Å². The Labute approximate surface area is 102 Å². The molecule has 0 aliphatic heterocycles. The molecule has 0 bridgehead atoms. The number of nitrogens with one attached hydrogen (secondary N) is 1. The van der Waals surface area contributed by atoms with Gasteiger partial charge in [0.2, 0.25) is 0 Å². The minimum absolute atomic E-state index is 0.0726. The molecule has 1 saturated carbocycles. The smallest absolute Gasteiger partial charge is 0.167 e. The van der Waals surface area contributed by atoms with Crippen LogP contribution in [0.2, 0.25) is 0 Å². The van der Waals surface area contributed by atoms with Crippen LogP contribution in [0.1, 0.15) is 62.1 Å². The Kier molecular flexibility index (Phi) is 4.50. The zero-order chi connectivity index (χ0) is 12.1. The van der Waals surface area contributed by atoms with Gasteiger partial charge in [-0.3, -0.25) is 5.10 Å². The molecule has 96 valence electrons. The first-order chi connectivity index (χ1) is 8.31. The summed E-state index contributed by atoms with van der Waals surface area (Å²) in [6.45, 7) is 0.744. The van der Waals surface area contributed by atoms with Crippen LogP contribution in [-0.4, -0.2) is 28.9 Å². The topological polar surface area (TPSA) is 76.8 Å². The molecule has 1 aromatic heterocycles. The normalized spacial score (nSPS) is 18.7. The van der Waals surface area contributed by atoms with Crippen molar-refractivity contribution in [3.05, 3.63) is 11.6 Å². The monoisotopic (exact) mass is 238 g/mol. The maximum atomic E-state index is 6.05. The highest BCUT2D eigenvalue weighted by molar-refractivity contribution is 5.02. The summed E-state index contributed by atoms with van der Waals surface area (Å²) < 4.78 is 5.01. The lowest BCUT2D eigenvalue weighted by Gasteiger charge is -2.06. The molecule has 0 spiro atoms. The van der Waals surface area contributed by atoms with Crippen molar-refractivity contribution in [2.45, 2.75) is 50.5 Å². The van der Waals surface area contributed by atoms with Gasteiger partial charge in [-0.2, -0.15) is 5.10 Å². The summed E-state index contributed by atoms with van der Waals surface area (Å²) in [7, 11) is 1.70. The van der Waals surface area contributed by atoms with E-state index in [1.165, 1.54) is 25.7 Å². The van der Waals surface area contributed by atoms with E-state index in [1.807, 2.05) is 0 Å². The van der Waals surface area contributed by atoms with Crippen molar-refractivity contribution in [2.24, 2.45) is 5.73 Å². The summed E-state index contributed by atoms with van der Waals surface area (Å²) in [6, 6.07) is -0.0726. The van der Waals surface area contributed by atoms with Crippen LogP contribution < -0.4 is 5.73 Å². The van der Waals surface area contributed by atoms with Gasteiger partial charge in [-0.05, 0) is 25.7 Å². The molecule has 0 aromatic carbocycles. The molecule has 1 aliphatic rings. The van der Waals surface area contributed by atoms with Crippen molar-refractivity contribution < 1.29 is 4.74 Å². The van der Waals surface area contributed by atoms with Crippen LogP contribution in [0.3, 0.4) is 0 Å². The largest absolute Gasteiger partial charge is 0.385 e. The molecule has 1 fully saturated rings. The van der Waals surface area contributed by atoms with E-state index in [1.54, 1.807) is 7.11 Å². The van der Waals surface area contributed by atoms with Gasteiger partial charge in [0.05, 0.1) is 6.04 Å². The van der Waals surface area contributed by atoms with E-state index in [4.69, 9.17) is 10.5 Å². The van der Waals surface area contributed by atoms with Crippen LogP contribution in [0.4, 0.5) is 0 Å². The van der Waals surface area contributed by atoms with Gasteiger partial charge in [0, 0.05) is 19.6 Å². The van der Waals surface area contributed by atoms with Crippen molar-refractivity contribution in [2.75, 3.05) is 13.7 Å². The Bertz CT molecular complexity index is 333. The molecular weight excluding hydrogens is 216 g/mol. The van der Waals surface area contributed by atoms with Gasteiger partial charge in [0.25, 0.3) is 0 Å². The molecule has 1 aromatic rings. The molecule has 0 radical (unpaired) electrons. The third-order valence-corrected chi connectivity index (χ3v) is 3.46. The van der Waals surface area contributed by atoms with Gasteiger partial charge in [-0.15, -0.1) is 0 Å². The molecule has 0 amide bonds. The molecular formula is C12H22N4O. The predicted octanol–water partition coefficient (Wildman–Crippen LogP) is 1.89. The average Bonchev–Trinajstić information content (AvgIpc) is 3.00. The fraction of sp³-hybridized carbons (Fsp3) is 0.833. The quantitative estimate of drug-likeness (QED) is 0.742. The van der Waals surface area contributed by atoms with Crippen molar-refractivity contribution in [3.63, 3.8) is 0 Å². The molecule has 2 rings (SSSR count). The number of aromatic amines is 1. The van der Waals surface area contributed by atoms with E-state index in [0.717, 1.165) is 31.1 Å². The maximum absolute atomic E-state index is 6.05. The SMILES string of the molecule is COCCCC(N)c1n[nH]c(C2CCCC2)n1. The van der Waals surface area contributed by atoms with Crippen LogP contribution in [-0.2, 0) is 4.74 Å². The van der Waals surface area contributed by atoms with E-state index in [9.17, 15) is 0 Å². The number of nitrogens with two attached hydrogens (primary N) is 1. The van der Waals surface area contributed by atoms with E-state index in [-0.39, 0.29) is 6.04 Å². The first-order valence-electron chi connectivity index (χ1n) is 6.48. The Morgan fingerprint density at radius 3 is 2.94 bits per heavy atom. The standard InChI is InChI=1S/C12H22N4O/c1-17-8-4-7-10(13)12-14-11(15-16-12)9-5-2-3-6-9/h9-10H,2-8,13H2,1H3,(H,14,15,16). The summed E-state index contributed by atoms with van der Waals surface area (Å²) in [5, 5.41) is 7.28. The van der Waals surface area contributed by atoms with Crippen LogP contribution in [0.25, 0.3) is 0 Å². The molecule has 1 aliphatic carbocycles. The Balaban J connectivity index is 1.88. The Morgan fingerprint density at radius 2 is 2.24 bits per heavy atom. The van der Waals surface area contributed by atoms with Gasteiger partial charge in [0.1, 0.15) is 5.82 Å². The summed E-state index contributed by atoms with van der Waals surface area (Å²) in [5.74, 6) is 2.35. The zero-order valence-corrected chi connectivity index (χ0v) is 10.5. The Morgan fingerprint density at radius 1 is 1.47 bits per heavy atom. The van der Waals surface area contributed by atoms with Crippen molar-refractivity contribution in [3.8, 4) is 0 Å². The van der Waals surface area contributed by atoms with Crippen molar-refractivity contribution in [1.82, 2.24) is 15.2 Å². The molecule has 1 atom stereocenters. The minimum atomic E-state index is -0.0726. The number of hydrogen-bond acceptors (Lipinski definition) is 4. The van der Waals surface area contributed by atoms with Crippen LogP contribution in [0, 0.1) is 0 Å². The lowest BCUT2D eigenvalue weighted by Crippen LogP contribution is -2.13. The number of nitrogens with zero attached hydrogens (tertiary/aromatic N) is 2. The second kappa shape index (κ2) is 6.12. The fourth-order valence-electron chi connectivity index (χ4n) is 2.41. The van der Waals surface area contributed by atoms with Gasteiger partial charge < -0.3 is 10.5 Å². The minimum Gasteiger partial charge on any atom is -0.385 e. The third-order valence-electron chi connectivity index (χ3n) is 3.46. The van der Waals surface area contributed by atoms with Crippen LogP contribution >= 0.6 is 0 Å². The van der Waals surface area contributed by atoms with Crippen molar-refractivity contribution >= 4 is 0 Å². The average molecular weight is 238 g/mol. The Hall–Kier alpha value is -0.940. The molecule has 0 saturated heterocycles. The van der Waals surface area contributed by atoms with Gasteiger partial charge in [0.15, 0.2) is 5.82 Å². The lowest BCUT2D eigenvalue weighted by atomic mass is 10.1. The molecule has 1 unspecified atom stereocenters. The van der Waals surface area contributed by atoms with Gasteiger partial charge >= 0.3 is 0 Å². The zero-order valence-electron chi connectivity index (χ0n) is 10.5. The second-order valence-corrected chi connectivity index (χ2v) is 4.80. The lowest BCUT2D eigenvalue weighted by molar-refractivity contribution is 0.190. The first-order valence-corrected chi connectivity index (χ1v) is 6.48. The fourth-order valence-corrected chi connectivity index (χ4v) is 2.41. The highest BCUT2D eigenvalue weighted by Gasteiger charge is 2.21. The predicted molar refractivity (Wildman–Crippen MR) is 65.6 cm³/mol. The van der Waals surface area contributed by atoms with Crippen LogP contribution in [0.15, 0.2) is 0 Å². The van der Waals surface area contributed by atoms with E-state index in [2.05, 4.69) is 15.2 Å². The van der Waals surface area contributed by atoms with Crippen molar-refractivity contribution in [1.29, 1.82) is 0 Å². The van der Waals surface area contributed by atoms with E-state index >= 15 is 0 Å². The number of rotatable bonds is 6. The molecule has 1 heterocycles. The van der Waals surface area contributed by atoms with E-state index in [0.29, 0.717) is 5.92 Å². The maximum Gasteiger partial charge on any atom is 0.167 e. The molecule has 5 heteroatoms. The summed E-state index contributed by atoms with van der Waals surface area (Å²) in [4.78, 5) is 4.54. The first kappa shape index (κ1) is 12.5. The summed E-state index contributed by atoms with van der Waals surface area (Å²) in [6.07, 6.45) is 6.89. The number of aromatic nitrogens is 3. The second-order valence-electron chi connectivity index (χ2n) is 4.80. The highest BCUT2D eigenvalue weighted by atomic mass is 16.5. The van der Waals surface area contributed by atoms with Gasteiger partial charge in [-0.1, -0.05) is 12.8 Å². The summed E-state index contributed by atoms with van der Waals surface area (Å²) >= 11 is 0. The highest BCUT2D eigenvalue weighted by Crippen LogP contribution is 2.32. The summed E-state index contributed by atoms with van der Waals surface area (Å²) in [5.41, 5.74) is 6.05. The van der Waals surface area contributed by atoms with E-state index < -0.39 is 0 Å². The molecule has 5 nitrogen and oxygen atoms in total. The molecule has 17 heavy (non-hydrogen) atoms. The van der Waals surface area contributed by atoms with Crippen LogP contribution in [0.5, 0.6) is 0 Å². The number of H-pyrrole nitrogens is 1. The molecule has 3 N–H and O–H groups in total. The number of hydrogen-bond donors (Lipinski definition) is 2.